The van der Waals surface area contributed by atoms with Crippen molar-refractivity contribution in [3.8, 4) is 0 Å². The molecule has 24 heavy (non-hydrogen) atoms. The zero-order valence-electron chi connectivity index (χ0n) is 15.8. The van der Waals surface area contributed by atoms with Gasteiger partial charge in [0.2, 0.25) is 11.8 Å². The first-order valence-electron chi connectivity index (χ1n) is 9.83. The lowest BCUT2D eigenvalue weighted by Crippen LogP contribution is -2.53. The normalized spacial score (nSPS) is 22.2. The van der Waals surface area contributed by atoms with Crippen LogP contribution in [0.4, 0.5) is 0 Å². The topological polar surface area (TPSA) is 43.9 Å². The van der Waals surface area contributed by atoms with Crippen LogP contribution in [-0.2, 0) is 9.59 Å². The van der Waals surface area contributed by atoms with Crippen molar-refractivity contribution in [3.05, 3.63) is 0 Å². The van der Waals surface area contributed by atoms with Gasteiger partial charge in [-0.25, -0.2) is 0 Å². The minimum atomic E-state index is 0.0223. The molecule has 0 saturated carbocycles. The Balaban J connectivity index is 1.93. The van der Waals surface area contributed by atoms with Crippen LogP contribution < -0.4 is 0 Å². The molecule has 0 bridgehead atoms. The zero-order chi connectivity index (χ0) is 17.5. The SMILES string of the molecule is CCC(=O)N1CCCC(N(CCCN2CCCC2)C(=O)C(C)C)C1. The smallest absolute Gasteiger partial charge is 0.225 e. The summed E-state index contributed by atoms with van der Waals surface area (Å²) in [5.41, 5.74) is 0. The van der Waals surface area contributed by atoms with E-state index in [0.717, 1.165) is 45.4 Å². The summed E-state index contributed by atoms with van der Waals surface area (Å²) in [4.78, 5) is 31.3. The molecule has 0 aliphatic carbocycles. The lowest BCUT2D eigenvalue weighted by Gasteiger charge is -2.40. The summed E-state index contributed by atoms with van der Waals surface area (Å²) < 4.78 is 0. The van der Waals surface area contributed by atoms with Crippen molar-refractivity contribution < 1.29 is 9.59 Å². The Labute approximate surface area is 147 Å². The van der Waals surface area contributed by atoms with Crippen LogP contribution in [0.2, 0.25) is 0 Å². The van der Waals surface area contributed by atoms with Gasteiger partial charge in [0.15, 0.2) is 0 Å². The number of hydrogen-bond donors (Lipinski definition) is 0. The maximum Gasteiger partial charge on any atom is 0.225 e. The van der Waals surface area contributed by atoms with E-state index in [-0.39, 0.29) is 23.8 Å². The van der Waals surface area contributed by atoms with E-state index < -0.39 is 0 Å². The third-order valence-electron chi connectivity index (χ3n) is 5.34. The van der Waals surface area contributed by atoms with E-state index >= 15 is 0 Å². The number of likely N-dealkylation sites (tertiary alicyclic amines) is 2. The molecule has 0 N–H and O–H groups in total. The largest absolute Gasteiger partial charge is 0.341 e. The third-order valence-corrected chi connectivity index (χ3v) is 5.34. The molecule has 0 aromatic carbocycles. The van der Waals surface area contributed by atoms with Gasteiger partial charge in [-0.1, -0.05) is 20.8 Å². The second kappa shape index (κ2) is 9.40. The number of hydrogen-bond acceptors (Lipinski definition) is 3. The number of carbonyl (C=O) groups is 2. The molecule has 2 rings (SSSR count). The third kappa shape index (κ3) is 5.20. The molecule has 2 fully saturated rings. The number of carbonyl (C=O) groups excluding carboxylic acids is 2. The highest BCUT2D eigenvalue weighted by molar-refractivity contribution is 5.79. The number of nitrogens with zero attached hydrogens (tertiary/aromatic N) is 3. The number of piperidine rings is 1. The van der Waals surface area contributed by atoms with E-state index in [1.54, 1.807) is 0 Å². The molecule has 1 atom stereocenters. The molecule has 0 radical (unpaired) electrons. The molecule has 0 spiro atoms. The van der Waals surface area contributed by atoms with E-state index in [2.05, 4.69) is 9.80 Å². The van der Waals surface area contributed by atoms with Gasteiger partial charge in [0.1, 0.15) is 0 Å². The Kier molecular flexibility index (Phi) is 7.53. The van der Waals surface area contributed by atoms with Crippen LogP contribution in [-0.4, -0.2) is 71.8 Å². The van der Waals surface area contributed by atoms with E-state index in [0.29, 0.717) is 6.42 Å². The van der Waals surface area contributed by atoms with Gasteiger partial charge in [-0.05, 0) is 51.7 Å². The molecule has 0 aromatic heterocycles. The second-order valence-corrected chi connectivity index (χ2v) is 7.58. The van der Waals surface area contributed by atoms with Crippen molar-refractivity contribution in [3.63, 3.8) is 0 Å². The summed E-state index contributed by atoms with van der Waals surface area (Å²) in [6.45, 7) is 11.8. The Morgan fingerprint density at radius 1 is 1.12 bits per heavy atom. The Morgan fingerprint density at radius 2 is 1.83 bits per heavy atom. The fourth-order valence-corrected chi connectivity index (χ4v) is 3.93. The molecule has 2 aliphatic heterocycles. The summed E-state index contributed by atoms with van der Waals surface area (Å²) in [6.07, 6.45) is 6.24. The predicted molar refractivity (Wildman–Crippen MR) is 96.7 cm³/mol. The summed E-state index contributed by atoms with van der Waals surface area (Å²) >= 11 is 0. The van der Waals surface area contributed by atoms with Gasteiger partial charge < -0.3 is 14.7 Å². The molecule has 2 saturated heterocycles. The van der Waals surface area contributed by atoms with Gasteiger partial charge in [0.25, 0.3) is 0 Å². The quantitative estimate of drug-likeness (QED) is 0.716. The summed E-state index contributed by atoms with van der Waals surface area (Å²) in [7, 11) is 0. The maximum atomic E-state index is 12.7. The van der Waals surface area contributed by atoms with E-state index in [1.165, 1.54) is 25.9 Å². The van der Waals surface area contributed by atoms with E-state index in [4.69, 9.17) is 0 Å². The van der Waals surface area contributed by atoms with Gasteiger partial charge in [0, 0.05) is 38.0 Å². The lowest BCUT2D eigenvalue weighted by molar-refractivity contribution is -0.141. The van der Waals surface area contributed by atoms with Crippen molar-refractivity contribution in [1.29, 1.82) is 0 Å². The molecule has 5 heteroatoms. The van der Waals surface area contributed by atoms with Crippen LogP contribution >= 0.6 is 0 Å². The minimum absolute atomic E-state index is 0.0223. The number of amides is 2. The van der Waals surface area contributed by atoms with Crippen LogP contribution in [0.1, 0.15) is 59.3 Å². The van der Waals surface area contributed by atoms with Gasteiger partial charge in [-0.2, -0.15) is 0 Å². The lowest BCUT2D eigenvalue weighted by atomic mass is 10.0. The monoisotopic (exact) mass is 337 g/mol. The highest BCUT2D eigenvalue weighted by Gasteiger charge is 2.30. The van der Waals surface area contributed by atoms with Crippen molar-refractivity contribution in [2.24, 2.45) is 5.92 Å². The van der Waals surface area contributed by atoms with Crippen LogP contribution in [0.15, 0.2) is 0 Å². The van der Waals surface area contributed by atoms with Gasteiger partial charge >= 0.3 is 0 Å². The first kappa shape index (κ1) is 19.2. The Bertz CT molecular complexity index is 419. The zero-order valence-corrected chi connectivity index (χ0v) is 15.8. The molecule has 0 aromatic rings. The van der Waals surface area contributed by atoms with Crippen molar-refractivity contribution in [2.45, 2.75) is 65.3 Å². The molecule has 2 heterocycles. The Morgan fingerprint density at radius 3 is 2.46 bits per heavy atom. The molecule has 1 unspecified atom stereocenters. The fourth-order valence-electron chi connectivity index (χ4n) is 3.93. The second-order valence-electron chi connectivity index (χ2n) is 7.58. The first-order valence-corrected chi connectivity index (χ1v) is 9.83. The molecule has 5 nitrogen and oxygen atoms in total. The van der Waals surface area contributed by atoms with Crippen molar-refractivity contribution in [1.82, 2.24) is 14.7 Å². The van der Waals surface area contributed by atoms with Crippen LogP contribution in [0.5, 0.6) is 0 Å². The van der Waals surface area contributed by atoms with Crippen molar-refractivity contribution in [2.75, 3.05) is 39.3 Å². The standard InChI is InChI=1S/C19H35N3O2/c1-4-18(23)21-13-7-9-17(15-21)22(19(24)16(2)3)14-8-12-20-10-5-6-11-20/h16-17H,4-15H2,1-3H3. The molecule has 2 aliphatic rings. The summed E-state index contributed by atoms with van der Waals surface area (Å²) in [5.74, 6) is 0.481. The predicted octanol–water partition coefficient (Wildman–Crippen LogP) is 2.36. The van der Waals surface area contributed by atoms with Crippen molar-refractivity contribution >= 4 is 11.8 Å². The van der Waals surface area contributed by atoms with Gasteiger partial charge in [-0.15, -0.1) is 0 Å². The van der Waals surface area contributed by atoms with E-state index in [9.17, 15) is 9.59 Å². The molecule has 2 amide bonds. The number of rotatable bonds is 7. The average Bonchev–Trinajstić information content (AvgIpc) is 3.11. The molecular weight excluding hydrogens is 302 g/mol. The van der Waals surface area contributed by atoms with Crippen LogP contribution in [0, 0.1) is 5.92 Å². The van der Waals surface area contributed by atoms with Gasteiger partial charge in [0.05, 0.1) is 0 Å². The minimum Gasteiger partial charge on any atom is -0.341 e. The van der Waals surface area contributed by atoms with Gasteiger partial charge in [-0.3, -0.25) is 9.59 Å². The Hall–Kier alpha value is -1.10. The average molecular weight is 338 g/mol. The van der Waals surface area contributed by atoms with Crippen LogP contribution in [0.25, 0.3) is 0 Å². The van der Waals surface area contributed by atoms with E-state index in [1.807, 2.05) is 25.7 Å². The fraction of sp³-hybridized carbons (Fsp3) is 0.895. The highest BCUT2D eigenvalue weighted by atomic mass is 16.2. The molecule has 138 valence electrons. The first-order chi connectivity index (χ1) is 11.5. The summed E-state index contributed by atoms with van der Waals surface area (Å²) in [6, 6.07) is 0.197. The summed E-state index contributed by atoms with van der Waals surface area (Å²) in [5, 5.41) is 0. The molecular formula is C19H35N3O2. The maximum absolute atomic E-state index is 12.7. The highest BCUT2D eigenvalue weighted by Crippen LogP contribution is 2.19. The van der Waals surface area contributed by atoms with Crippen LogP contribution in [0.3, 0.4) is 0 Å².